The summed E-state index contributed by atoms with van der Waals surface area (Å²) >= 11 is 0. The van der Waals surface area contributed by atoms with Gasteiger partial charge in [0, 0.05) is 0 Å². The second-order valence-corrected chi connectivity index (χ2v) is 2.17. The molecule has 2 heteroatoms. The molecule has 0 saturated heterocycles. The largest absolute Gasteiger partial charge is 2.00 e. The predicted octanol–water partition coefficient (Wildman–Crippen LogP) is 0.621. The molecule has 0 amide bonds. The summed E-state index contributed by atoms with van der Waals surface area (Å²) in [7, 11) is 0. The van der Waals surface area contributed by atoms with E-state index in [1.807, 2.05) is 0 Å². The minimum Gasteiger partial charge on any atom is -1.00 e. The Hall–Kier alpha value is 0.129. The van der Waals surface area contributed by atoms with E-state index in [-0.39, 0.29) is 13.0 Å². The fourth-order valence-electron chi connectivity index (χ4n) is 0. The van der Waals surface area contributed by atoms with Crippen LogP contribution in [0.3, 0.4) is 0 Å². The standard InChI is InChI=1S/C4H10O.Be.2H/c1-4(2,3)5;;;/h5H,1-3H3;;;/q;+2;2*-1. The summed E-state index contributed by atoms with van der Waals surface area (Å²) < 4.78 is 0. The first kappa shape index (κ1) is 9.46. The fourth-order valence-corrected chi connectivity index (χ4v) is 0. The van der Waals surface area contributed by atoms with Gasteiger partial charge < -0.3 is 7.96 Å². The van der Waals surface area contributed by atoms with Crippen molar-refractivity contribution in [1.29, 1.82) is 0 Å². The number of hydrogen-bond donors (Lipinski definition) is 1. The Balaban J connectivity index is -0.0000000267. The summed E-state index contributed by atoms with van der Waals surface area (Å²) in [5.74, 6) is 0. The summed E-state index contributed by atoms with van der Waals surface area (Å²) in [6.45, 7) is 5.23. The van der Waals surface area contributed by atoms with Gasteiger partial charge in [-0.05, 0) is 20.8 Å². The molecule has 0 bridgehead atoms. The van der Waals surface area contributed by atoms with Gasteiger partial charge >= 0.3 is 10.1 Å². The van der Waals surface area contributed by atoms with Crippen molar-refractivity contribution in [3.8, 4) is 0 Å². The molecule has 1 N–H and O–H groups in total. The maximum atomic E-state index is 8.52. The third-order valence-corrected chi connectivity index (χ3v) is 0. The predicted molar refractivity (Wildman–Crippen MR) is 29.9 cm³/mol. The van der Waals surface area contributed by atoms with Gasteiger partial charge in [-0.2, -0.15) is 0 Å². The molecule has 0 aromatic rings. The van der Waals surface area contributed by atoms with Crippen LogP contribution in [0.5, 0.6) is 0 Å². The number of rotatable bonds is 0. The van der Waals surface area contributed by atoms with Gasteiger partial charge in [-0.3, -0.25) is 0 Å². The van der Waals surface area contributed by atoms with Crippen molar-refractivity contribution in [3.63, 3.8) is 0 Å². The van der Waals surface area contributed by atoms with Crippen molar-refractivity contribution >= 4 is 10.1 Å². The molecule has 0 aliphatic heterocycles. The van der Waals surface area contributed by atoms with Crippen LogP contribution < -0.4 is 0 Å². The average molecular weight is 85.2 g/mol. The van der Waals surface area contributed by atoms with E-state index in [1.54, 1.807) is 20.8 Å². The maximum Gasteiger partial charge on any atom is 2.00 e. The molecule has 0 fully saturated rings. The Labute approximate surface area is 45.6 Å². The van der Waals surface area contributed by atoms with Crippen LogP contribution in [0.1, 0.15) is 23.6 Å². The first-order valence-corrected chi connectivity index (χ1v) is 1.72. The third kappa shape index (κ3) is 2440. The summed E-state index contributed by atoms with van der Waals surface area (Å²) in [4.78, 5) is 0. The summed E-state index contributed by atoms with van der Waals surface area (Å²) in [5, 5.41) is 8.52. The van der Waals surface area contributed by atoms with Gasteiger partial charge in [0.05, 0.1) is 5.60 Å². The van der Waals surface area contributed by atoms with Crippen LogP contribution in [0.2, 0.25) is 0 Å². The molecule has 0 radical (unpaired) electrons. The zero-order valence-electron chi connectivity index (χ0n) is 6.65. The molecule has 36 valence electrons. The van der Waals surface area contributed by atoms with E-state index >= 15 is 0 Å². The first-order chi connectivity index (χ1) is 2.00. The Morgan fingerprint density at radius 2 is 1.33 bits per heavy atom. The van der Waals surface area contributed by atoms with Crippen molar-refractivity contribution in [2.24, 2.45) is 0 Å². The zero-order chi connectivity index (χ0) is 4.50. The van der Waals surface area contributed by atoms with E-state index < -0.39 is 5.60 Å². The quantitative estimate of drug-likeness (QED) is 0.427. The second kappa shape index (κ2) is 2.33. The molecule has 0 saturated carbocycles. The Kier molecular flexibility index (Phi) is 3.67. The second-order valence-electron chi connectivity index (χ2n) is 2.17. The molecule has 0 aromatic carbocycles. The van der Waals surface area contributed by atoms with Crippen molar-refractivity contribution < 1.29 is 7.96 Å². The molecule has 1 nitrogen and oxygen atoms in total. The van der Waals surface area contributed by atoms with E-state index in [0.717, 1.165) is 0 Å². The minimum atomic E-state index is -0.500. The summed E-state index contributed by atoms with van der Waals surface area (Å²) in [6, 6.07) is 0. The van der Waals surface area contributed by atoms with Crippen LogP contribution in [0, 0.1) is 0 Å². The molecule has 0 atom stereocenters. The van der Waals surface area contributed by atoms with E-state index in [1.165, 1.54) is 0 Å². The van der Waals surface area contributed by atoms with E-state index in [4.69, 9.17) is 5.11 Å². The van der Waals surface area contributed by atoms with Crippen LogP contribution in [0.4, 0.5) is 0 Å². The third-order valence-electron chi connectivity index (χ3n) is 0. The van der Waals surface area contributed by atoms with Gasteiger partial charge in [0.2, 0.25) is 0 Å². The molecule has 0 aromatic heterocycles. The van der Waals surface area contributed by atoms with E-state index in [2.05, 4.69) is 0 Å². The van der Waals surface area contributed by atoms with Crippen molar-refractivity contribution in [2.75, 3.05) is 0 Å². The molecular weight excluding hydrogens is 73.1 g/mol. The number of aliphatic hydroxyl groups is 1. The molecule has 0 unspecified atom stereocenters. The smallest absolute Gasteiger partial charge is 1.00 e. The SMILES string of the molecule is CC(C)(C)O.[Be+2].[H-].[H-]. The van der Waals surface area contributed by atoms with Crippen LogP contribution in [-0.4, -0.2) is 20.8 Å². The minimum absolute atomic E-state index is 0. The van der Waals surface area contributed by atoms with Gasteiger partial charge in [0.25, 0.3) is 0 Å². The van der Waals surface area contributed by atoms with Gasteiger partial charge in [-0.25, -0.2) is 0 Å². The topological polar surface area (TPSA) is 20.2 Å². The fraction of sp³-hybridized carbons (Fsp3) is 1.00. The van der Waals surface area contributed by atoms with Crippen LogP contribution in [-0.2, 0) is 0 Å². The van der Waals surface area contributed by atoms with Crippen LogP contribution >= 0.6 is 0 Å². The van der Waals surface area contributed by atoms with Crippen LogP contribution in [0.25, 0.3) is 0 Å². The Bertz CT molecular complexity index is 29.5. The van der Waals surface area contributed by atoms with Gasteiger partial charge in [-0.15, -0.1) is 0 Å². The molecule has 0 aliphatic rings. The Morgan fingerprint density at radius 1 is 1.33 bits per heavy atom. The van der Waals surface area contributed by atoms with Gasteiger partial charge in [0.15, 0.2) is 0 Å². The normalized spacial score (nSPS) is 10.0. The van der Waals surface area contributed by atoms with Crippen LogP contribution in [0.15, 0.2) is 0 Å². The molecule has 0 rings (SSSR count). The van der Waals surface area contributed by atoms with Crippen molar-refractivity contribution in [1.82, 2.24) is 0 Å². The Morgan fingerprint density at radius 3 is 1.33 bits per heavy atom. The van der Waals surface area contributed by atoms with Gasteiger partial charge in [-0.1, -0.05) is 0 Å². The molecular formula is C4H12BeO. The zero-order valence-corrected chi connectivity index (χ0v) is 4.65. The first-order valence-electron chi connectivity index (χ1n) is 1.72. The van der Waals surface area contributed by atoms with Crippen molar-refractivity contribution in [2.45, 2.75) is 26.4 Å². The monoisotopic (exact) mass is 85.1 g/mol. The molecule has 0 spiro atoms. The van der Waals surface area contributed by atoms with Crippen molar-refractivity contribution in [3.05, 3.63) is 0 Å². The summed E-state index contributed by atoms with van der Waals surface area (Å²) in [5.41, 5.74) is -0.500. The average Bonchev–Trinajstić information content (AvgIpc) is 0.722. The molecule has 6 heavy (non-hydrogen) atoms. The summed E-state index contributed by atoms with van der Waals surface area (Å²) in [6.07, 6.45) is 0. The molecule has 0 aliphatic carbocycles. The van der Waals surface area contributed by atoms with Gasteiger partial charge in [0.1, 0.15) is 0 Å². The van der Waals surface area contributed by atoms with E-state index in [9.17, 15) is 0 Å². The van der Waals surface area contributed by atoms with E-state index in [0.29, 0.717) is 0 Å². The maximum absolute atomic E-state index is 8.52. The molecule has 0 heterocycles. The number of hydrogen-bond acceptors (Lipinski definition) is 1.